The Morgan fingerprint density at radius 2 is 2.00 bits per heavy atom. The number of alkyl halides is 3. The quantitative estimate of drug-likeness (QED) is 0.414. The normalized spacial score (nSPS) is 12.2. The molecule has 0 aromatic heterocycles. The minimum atomic E-state index is -4.29. The summed E-state index contributed by atoms with van der Waals surface area (Å²) in [7, 11) is 0. The van der Waals surface area contributed by atoms with Crippen LogP contribution in [0.1, 0.15) is 6.42 Å². The summed E-state index contributed by atoms with van der Waals surface area (Å²) in [5.74, 6) is 0. The lowest BCUT2D eigenvalue weighted by atomic mass is 10.2. The summed E-state index contributed by atoms with van der Waals surface area (Å²) in [4.78, 5) is 9.86. The molecule has 0 aliphatic rings. The number of allylic oxidation sites excluding steroid dienone is 4. The highest BCUT2D eigenvalue weighted by atomic mass is 19.4. The molecule has 0 fully saturated rings. The molecule has 0 saturated carbocycles. The number of rotatable bonds is 6. The first-order chi connectivity index (χ1) is 6.95. The first-order valence-electron chi connectivity index (χ1n) is 4.23. The predicted octanol–water partition coefficient (Wildman–Crippen LogP) is 2.35. The molecule has 84 valence electrons. The molecule has 0 aromatic rings. The minimum Gasteiger partial charge on any atom is -0.358 e. The van der Waals surface area contributed by atoms with Gasteiger partial charge in [-0.1, -0.05) is 30.4 Å². The van der Waals surface area contributed by atoms with Crippen molar-refractivity contribution in [2.24, 2.45) is 0 Å². The van der Waals surface area contributed by atoms with E-state index in [1.54, 1.807) is 0 Å². The Morgan fingerprint density at radius 1 is 1.33 bits per heavy atom. The Morgan fingerprint density at radius 3 is 2.53 bits per heavy atom. The topological polar surface area (TPSA) is 29.1 Å². The average molecular weight is 219 g/mol. The molecule has 2 nitrogen and oxygen atoms in total. The fourth-order valence-electron chi connectivity index (χ4n) is 0.731. The molecule has 0 aliphatic heterocycles. The largest absolute Gasteiger partial charge is 0.409 e. The van der Waals surface area contributed by atoms with Gasteiger partial charge in [0.15, 0.2) is 0 Å². The Hall–Kier alpha value is -1.52. The summed E-state index contributed by atoms with van der Waals surface area (Å²) in [6, 6.07) is 0. The zero-order valence-corrected chi connectivity index (χ0v) is 8.05. The van der Waals surface area contributed by atoms with Crippen LogP contribution in [0.15, 0.2) is 36.5 Å². The molecule has 1 amide bonds. The zero-order chi connectivity index (χ0) is 11.7. The molecule has 0 aromatic carbocycles. The SMILES string of the molecule is C=C(/C=C\C=C\C(F)(F)F)CCNC=O. The van der Waals surface area contributed by atoms with E-state index in [1.807, 2.05) is 0 Å². The number of hydrogen-bond acceptors (Lipinski definition) is 1. The van der Waals surface area contributed by atoms with Crippen LogP contribution in [0.25, 0.3) is 0 Å². The van der Waals surface area contributed by atoms with E-state index >= 15 is 0 Å². The summed E-state index contributed by atoms with van der Waals surface area (Å²) in [6.07, 6.45) is 0.546. The van der Waals surface area contributed by atoms with E-state index in [-0.39, 0.29) is 6.08 Å². The molecule has 0 unspecified atom stereocenters. The van der Waals surface area contributed by atoms with E-state index < -0.39 is 6.18 Å². The van der Waals surface area contributed by atoms with Crippen molar-refractivity contribution in [1.82, 2.24) is 5.32 Å². The van der Waals surface area contributed by atoms with Crippen molar-refractivity contribution < 1.29 is 18.0 Å². The van der Waals surface area contributed by atoms with Crippen molar-refractivity contribution in [3.8, 4) is 0 Å². The van der Waals surface area contributed by atoms with Crippen molar-refractivity contribution >= 4 is 6.41 Å². The van der Waals surface area contributed by atoms with Crippen LogP contribution in [0.5, 0.6) is 0 Å². The number of amides is 1. The fraction of sp³-hybridized carbons (Fsp3) is 0.300. The Bertz CT molecular complexity index is 266. The Balaban J connectivity index is 3.81. The second-order valence-corrected chi connectivity index (χ2v) is 2.74. The Kier molecular flexibility index (Phi) is 6.17. The van der Waals surface area contributed by atoms with Gasteiger partial charge in [-0.2, -0.15) is 13.2 Å². The van der Waals surface area contributed by atoms with E-state index in [1.165, 1.54) is 12.2 Å². The number of carbonyl (C=O) groups excluding carboxylic acids is 1. The lowest BCUT2D eigenvalue weighted by molar-refractivity contribution is -0.109. The first kappa shape index (κ1) is 13.5. The van der Waals surface area contributed by atoms with E-state index in [9.17, 15) is 18.0 Å². The van der Waals surface area contributed by atoms with Crippen molar-refractivity contribution in [3.63, 3.8) is 0 Å². The summed E-state index contributed by atoms with van der Waals surface area (Å²) in [5.41, 5.74) is 0.649. The molecule has 15 heavy (non-hydrogen) atoms. The van der Waals surface area contributed by atoms with Crippen LogP contribution >= 0.6 is 0 Å². The van der Waals surface area contributed by atoms with Gasteiger partial charge in [-0.3, -0.25) is 4.79 Å². The predicted molar refractivity (Wildman–Crippen MR) is 52.2 cm³/mol. The van der Waals surface area contributed by atoms with E-state index in [0.29, 0.717) is 24.9 Å². The van der Waals surface area contributed by atoms with Crippen LogP contribution < -0.4 is 5.32 Å². The van der Waals surface area contributed by atoms with Crippen LogP contribution in [-0.4, -0.2) is 19.1 Å². The maximum Gasteiger partial charge on any atom is 0.409 e. The van der Waals surface area contributed by atoms with Crippen molar-refractivity contribution in [2.75, 3.05) is 6.54 Å². The fourth-order valence-corrected chi connectivity index (χ4v) is 0.731. The highest BCUT2D eigenvalue weighted by molar-refractivity contribution is 5.45. The van der Waals surface area contributed by atoms with Crippen LogP contribution in [0.4, 0.5) is 13.2 Å². The van der Waals surface area contributed by atoms with E-state index in [4.69, 9.17) is 0 Å². The van der Waals surface area contributed by atoms with E-state index in [2.05, 4.69) is 11.9 Å². The van der Waals surface area contributed by atoms with Gasteiger partial charge in [-0.25, -0.2) is 0 Å². The molecule has 0 rings (SSSR count). The molecule has 0 spiro atoms. The lowest BCUT2D eigenvalue weighted by Gasteiger charge is -1.98. The van der Waals surface area contributed by atoms with Gasteiger partial charge in [0.1, 0.15) is 0 Å². The van der Waals surface area contributed by atoms with E-state index in [0.717, 1.165) is 6.08 Å². The molecule has 0 atom stereocenters. The monoisotopic (exact) mass is 219 g/mol. The molecule has 0 radical (unpaired) electrons. The van der Waals surface area contributed by atoms with Crippen molar-refractivity contribution in [2.45, 2.75) is 12.6 Å². The third-order valence-corrected chi connectivity index (χ3v) is 1.40. The summed E-state index contributed by atoms with van der Waals surface area (Å²) in [5, 5.41) is 2.42. The summed E-state index contributed by atoms with van der Waals surface area (Å²) in [6.45, 7) is 4.03. The summed E-state index contributed by atoms with van der Waals surface area (Å²) < 4.78 is 34.9. The number of halogens is 3. The third-order valence-electron chi connectivity index (χ3n) is 1.40. The number of carbonyl (C=O) groups is 1. The van der Waals surface area contributed by atoms with Gasteiger partial charge >= 0.3 is 6.18 Å². The molecule has 1 N–H and O–H groups in total. The van der Waals surface area contributed by atoms with Gasteiger partial charge in [-0.05, 0) is 6.42 Å². The maximum absolute atomic E-state index is 11.6. The zero-order valence-electron chi connectivity index (χ0n) is 8.05. The molecule has 0 heterocycles. The molecular weight excluding hydrogens is 207 g/mol. The number of nitrogens with one attached hydrogen (secondary N) is 1. The van der Waals surface area contributed by atoms with Gasteiger partial charge < -0.3 is 5.32 Å². The molecule has 0 bridgehead atoms. The molecule has 0 aliphatic carbocycles. The third kappa shape index (κ3) is 10.4. The molecular formula is C10H12F3NO. The van der Waals surface area contributed by atoms with Crippen molar-refractivity contribution in [3.05, 3.63) is 36.5 Å². The minimum absolute atomic E-state index is 0.139. The second-order valence-electron chi connectivity index (χ2n) is 2.74. The second kappa shape index (κ2) is 6.86. The summed E-state index contributed by atoms with van der Waals surface area (Å²) >= 11 is 0. The maximum atomic E-state index is 11.6. The van der Waals surface area contributed by atoms with Gasteiger partial charge in [0.2, 0.25) is 6.41 Å². The highest BCUT2D eigenvalue weighted by Crippen LogP contribution is 2.15. The first-order valence-corrected chi connectivity index (χ1v) is 4.23. The Labute approximate surface area is 86.2 Å². The number of hydrogen-bond donors (Lipinski definition) is 1. The van der Waals surface area contributed by atoms with Gasteiger partial charge in [0.05, 0.1) is 0 Å². The van der Waals surface area contributed by atoms with Crippen LogP contribution in [0.3, 0.4) is 0 Å². The lowest BCUT2D eigenvalue weighted by Crippen LogP contribution is -2.11. The van der Waals surface area contributed by atoms with Gasteiger partial charge in [-0.15, -0.1) is 0 Å². The van der Waals surface area contributed by atoms with Crippen LogP contribution in [0, 0.1) is 0 Å². The van der Waals surface area contributed by atoms with Crippen LogP contribution in [-0.2, 0) is 4.79 Å². The smallest absolute Gasteiger partial charge is 0.358 e. The van der Waals surface area contributed by atoms with Gasteiger partial charge in [0, 0.05) is 12.6 Å². The molecule has 5 heteroatoms. The standard InChI is InChI=1S/C10H12F3NO/c1-9(5-7-14-8-15)4-2-3-6-10(11,12)13/h2-4,6,8H,1,5,7H2,(H,14,15)/b4-2-,6-3+. The average Bonchev–Trinajstić information content (AvgIpc) is 2.11. The van der Waals surface area contributed by atoms with Crippen molar-refractivity contribution in [1.29, 1.82) is 0 Å². The van der Waals surface area contributed by atoms with Gasteiger partial charge in [0.25, 0.3) is 0 Å². The molecule has 0 saturated heterocycles. The van der Waals surface area contributed by atoms with Crippen LogP contribution in [0.2, 0.25) is 0 Å². The highest BCUT2D eigenvalue weighted by Gasteiger charge is 2.21.